The molecule has 0 bridgehead atoms. The van der Waals surface area contributed by atoms with Gasteiger partial charge < -0.3 is 15.8 Å². The molecule has 1 heterocycles. The number of methoxy groups -OCH3 is 1. The Labute approximate surface area is 154 Å². The van der Waals surface area contributed by atoms with Gasteiger partial charge in [0, 0.05) is 5.56 Å². The number of benzene rings is 2. The number of hydrogen-bond acceptors (Lipinski definition) is 6. The van der Waals surface area contributed by atoms with Crippen LogP contribution in [-0.2, 0) is 0 Å². The summed E-state index contributed by atoms with van der Waals surface area (Å²) in [5.41, 5.74) is 8.18. The average molecular weight is 374 g/mol. The fourth-order valence-corrected chi connectivity index (χ4v) is 3.42. The van der Waals surface area contributed by atoms with Crippen LogP contribution in [0.15, 0.2) is 42.5 Å². The second-order valence-electron chi connectivity index (χ2n) is 5.37. The van der Waals surface area contributed by atoms with E-state index in [1.54, 1.807) is 31.4 Å². The fraction of sp³-hybridized carbons (Fsp3) is 0.111. The van der Waals surface area contributed by atoms with Crippen molar-refractivity contribution in [2.75, 3.05) is 18.2 Å². The van der Waals surface area contributed by atoms with Crippen LogP contribution >= 0.6 is 22.9 Å². The van der Waals surface area contributed by atoms with Crippen LogP contribution in [0.5, 0.6) is 5.75 Å². The van der Waals surface area contributed by atoms with Crippen molar-refractivity contribution in [1.82, 2.24) is 4.98 Å². The van der Waals surface area contributed by atoms with Gasteiger partial charge in [-0.05, 0) is 36.8 Å². The first kappa shape index (κ1) is 17.3. The summed E-state index contributed by atoms with van der Waals surface area (Å²) in [6, 6.07) is 12.6. The number of carbonyl (C=O) groups excluding carboxylic acids is 1. The summed E-state index contributed by atoms with van der Waals surface area (Å²) in [4.78, 5) is 17.3. The van der Waals surface area contributed by atoms with E-state index in [9.17, 15) is 4.79 Å². The van der Waals surface area contributed by atoms with Crippen molar-refractivity contribution < 1.29 is 9.53 Å². The summed E-state index contributed by atoms with van der Waals surface area (Å²) in [6.07, 6.45) is 0. The summed E-state index contributed by atoms with van der Waals surface area (Å²) in [6.45, 7) is 1.98. The van der Waals surface area contributed by atoms with Gasteiger partial charge >= 0.3 is 0 Å². The second-order valence-corrected chi connectivity index (χ2v) is 6.78. The lowest BCUT2D eigenvalue weighted by molar-refractivity contribution is 0.104. The zero-order chi connectivity index (χ0) is 18.0. The molecule has 3 rings (SSSR count). The maximum absolute atomic E-state index is 12.7. The maximum Gasteiger partial charge on any atom is 0.208 e. The van der Waals surface area contributed by atoms with Crippen LogP contribution in [0, 0.1) is 6.92 Å². The van der Waals surface area contributed by atoms with Gasteiger partial charge in [0.15, 0.2) is 5.13 Å². The topological polar surface area (TPSA) is 77.2 Å². The van der Waals surface area contributed by atoms with Gasteiger partial charge in [-0.1, -0.05) is 41.1 Å². The number of thiazole rings is 1. The minimum Gasteiger partial charge on any atom is -0.495 e. The van der Waals surface area contributed by atoms with E-state index in [1.165, 1.54) is 11.3 Å². The smallest absolute Gasteiger partial charge is 0.208 e. The Bertz CT molecular complexity index is 940. The van der Waals surface area contributed by atoms with Crippen molar-refractivity contribution in [2.24, 2.45) is 0 Å². The highest BCUT2D eigenvalue weighted by Crippen LogP contribution is 2.34. The number of nitrogens with two attached hydrogens (primary N) is 1. The maximum atomic E-state index is 12.7. The molecule has 0 aliphatic heterocycles. The number of nitrogens with zero attached hydrogens (tertiary/aromatic N) is 1. The molecule has 0 unspecified atom stereocenters. The minimum absolute atomic E-state index is 0.170. The van der Waals surface area contributed by atoms with E-state index >= 15 is 0 Å². The SMILES string of the molecule is COc1ccc(C)cc1Nc1nc(N)c(C(=O)c2ccccc2Cl)s1. The Balaban J connectivity index is 1.92. The number of nitrogen functional groups attached to an aromatic ring is 1. The predicted octanol–water partition coefficient (Wildman–Crippen LogP) is 4.67. The molecular weight excluding hydrogens is 358 g/mol. The van der Waals surface area contributed by atoms with Gasteiger partial charge in [0.05, 0.1) is 17.8 Å². The van der Waals surface area contributed by atoms with E-state index in [2.05, 4.69) is 10.3 Å². The summed E-state index contributed by atoms with van der Waals surface area (Å²) in [5, 5.41) is 4.06. The number of rotatable bonds is 5. The van der Waals surface area contributed by atoms with Crippen LogP contribution in [0.1, 0.15) is 20.8 Å². The number of hydrogen-bond donors (Lipinski definition) is 2. The lowest BCUT2D eigenvalue weighted by atomic mass is 10.1. The van der Waals surface area contributed by atoms with E-state index in [0.29, 0.717) is 26.3 Å². The first-order chi connectivity index (χ1) is 12.0. The number of ether oxygens (including phenoxy) is 1. The highest BCUT2D eigenvalue weighted by Gasteiger charge is 2.20. The molecule has 5 nitrogen and oxygen atoms in total. The van der Waals surface area contributed by atoms with Gasteiger partial charge in [0.2, 0.25) is 5.78 Å². The van der Waals surface area contributed by atoms with Gasteiger partial charge in [0.1, 0.15) is 16.4 Å². The number of halogens is 1. The van der Waals surface area contributed by atoms with Crippen molar-refractivity contribution in [1.29, 1.82) is 0 Å². The number of carbonyl (C=O) groups is 1. The highest BCUT2D eigenvalue weighted by molar-refractivity contribution is 7.18. The molecule has 1 aromatic heterocycles. The first-order valence-corrected chi connectivity index (χ1v) is 8.66. The molecule has 2 aromatic carbocycles. The Morgan fingerprint density at radius 3 is 2.76 bits per heavy atom. The molecule has 0 amide bonds. The lowest BCUT2D eigenvalue weighted by Crippen LogP contribution is -2.03. The molecule has 3 aromatic rings. The second kappa shape index (κ2) is 7.13. The summed E-state index contributed by atoms with van der Waals surface area (Å²) in [7, 11) is 1.60. The third-order valence-corrected chi connectivity index (χ3v) is 4.89. The largest absolute Gasteiger partial charge is 0.495 e. The van der Waals surface area contributed by atoms with Crippen LogP contribution in [0.2, 0.25) is 5.02 Å². The van der Waals surface area contributed by atoms with Crippen molar-refractivity contribution in [3.05, 3.63) is 63.5 Å². The van der Waals surface area contributed by atoms with Gasteiger partial charge in [-0.15, -0.1) is 0 Å². The number of aromatic nitrogens is 1. The van der Waals surface area contributed by atoms with E-state index in [0.717, 1.165) is 11.3 Å². The normalized spacial score (nSPS) is 10.5. The van der Waals surface area contributed by atoms with Gasteiger partial charge in [-0.2, -0.15) is 0 Å². The third kappa shape index (κ3) is 3.60. The molecule has 0 radical (unpaired) electrons. The molecule has 0 saturated carbocycles. The standard InChI is InChI=1S/C18H16ClN3O2S/c1-10-7-8-14(24-2)13(9-10)21-18-22-17(20)16(25-18)15(23)11-5-3-4-6-12(11)19/h3-9H,20H2,1-2H3,(H,21,22). The first-order valence-electron chi connectivity index (χ1n) is 7.46. The molecule has 25 heavy (non-hydrogen) atoms. The molecule has 3 N–H and O–H groups in total. The molecule has 0 aliphatic rings. The summed E-state index contributed by atoms with van der Waals surface area (Å²) < 4.78 is 5.34. The summed E-state index contributed by atoms with van der Waals surface area (Å²) in [5.74, 6) is 0.604. The van der Waals surface area contributed by atoms with E-state index in [1.807, 2.05) is 25.1 Å². The average Bonchev–Trinajstić information content (AvgIpc) is 2.95. The summed E-state index contributed by atoms with van der Waals surface area (Å²) >= 11 is 7.29. The van der Waals surface area contributed by atoms with Gasteiger partial charge in [0.25, 0.3) is 0 Å². The molecule has 0 spiro atoms. The monoisotopic (exact) mass is 373 g/mol. The molecule has 7 heteroatoms. The van der Waals surface area contributed by atoms with E-state index < -0.39 is 0 Å². The van der Waals surface area contributed by atoms with Crippen LogP contribution in [0.3, 0.4) is 0 Å². The van der Waals surface area contributed by atoms with Crippen molar-refractivity contribution in [2.45, 2.75) is 6.92 Å². The Morgan fingerprint density at radius 1 is 1.28 bits per heavy atom. The minimum atomic E-state index is -0.246. The zero-order valence-corrected chi connectivity index (χ0v) is 15.2. The highest BCUT2D eigenvalue weighted by atomic mass is 35.5. The molecular formula is C18H16ClN3O2S. The zero-order valence-electron chi connectivity index (χ0n) is 13.7. The van der Waals surface area contributed by atoms with Crippen molar-refractivity contribution in [3.63, 3.8) is 0 Å². The number of ketones is 1. The quantitative estimate of drug-likeness (QED) is 0.635. The lowest BCUT2D eigenvalue weighted by Gasteiger charge is -2.09. The number of aryl methyl sites for hydroxylation is 1. The molecule has 0 aliphatic carbocycles. The molecule has 0 saturated heterocycles. The molecule has 128 valence electrons. The fourth-order valence-electron chi connectivity index (χ4n) is 2.35. The van der Waals surface area contributed by atoms with E-state index in [4.69, 9.17) is 22.1 Å². The van der Waals surface area contributed by atoms with Gasteiger partial charge in [-0.3, -0.25) is 4.79 Å². The number of anilines is 3. The van der Waals surface area contributed by atoms with Crippen LogP contribution in [-0.4, -0.2) is 17.9 Å². The van der Waals surface area contributed by atoms with Crippen molar-refractivity contribution in [3.8, 4) is 5.75 Å². The predicted molar refractivity (Wildman–Crippen MR) is 102 cm³/mol. The van der Waals surface area contributed by atoms with Crippen LogP contribution in [0.25, 0.3) is 0 Å². The molecule has 0 atom stereocenters. The van der Waals surface area contributed by atoms with Crippen LogP contribution < -0.4 is 15.8 Å². The van der Waals surface area contributed by atoms with Crippen LogP contribution in [0.4, 0.5) is 16.6 Å². The Morgan fingerprint density at radius 2 is 2.04 bits per heavy atom. The number of nitrogens with one attached hydrogen (secondary N) is 1. The third-order valence-electron chi connectivity index (χ3n) is 3.57. The Hall–Kier alpha value is -2.57. The Kier molecular flexibility index (Phi) is 4.92. The van der Waals surface area contributed by atoms with E-state index in [-0.39, 0.29) is 11.6 Å². The molecule has 0 fully saturated rings. The van der Waals surface area contributed by atoms with Gasteiger partial charge in [-0.25, -0.2) is 4.98 Å². The van der Waals surface area contributed by atoms with Crippen molar-refractivity contribution >= 4 is 45.4 Å².